The van der Waals surface area contributed by atoms with Crippen LogP contribution >= 0.6 is 0 Å². The summed E-state index contributed by atoms with van der Waals surface area (Å²) in [6.45, 7) is 3.59. The molecule has 3 heterocycles. The third kappa shape index (κ3) is 4.06. The van der Waals surface area contributed by atoms with Crippen molar-refractivity contribution < 1.29 is 28.2 Å². The zero-order valence-electron chi connectivity index (χ0n) is 20.3. The minimum atomic E-state index is -2.23. The molecule has 2 fully saturated rings. The minimum Gasteiger partial charge on any atom is -0.459 e. The number of hydrogen-bond acceptors (Lipinski definition) is 9. The predicted molar refractivity (Wildman–Crippen MR) is 127 cm³/mol. The Balaban J connectivity index is 1.45. The van der Waals surface area contributed by atoms with E-state index in [1.807, 2.05) is 0 Å². The van der Waals surface area contributed by atoms with Gasteiger partial charge in [-0.15, -0.1) is 0 Å². The number of nitrogens with zero attached hydrogens (tertiary/aromatic N) is 4. The summed E-state index contributed by atoms with van der Waals surface area (Å²) < 4.78 is 35.1. The van der Waals surface area contributed by atoms with Crippen LogP contribution in [0.3, 0.4) is 0 Å². The molecule has 190 valence electrons. The summed E-state index contributed by atoms with van der Waals surface area (Å²) in [4.78, 5) is 37.6. The Labute approximate surface area is 207 Å². The fourth-order valence-electron chi connectivity index (χ4n) is 4.65. The van der Waals surface area contributed by atoms with Gasteiger partial charge >= 0.3 is 11.9 Å². The lowest BCUT2D eigenvalue weighted by atomic mass is 9.84. The highest BCUT2D eigenvalue weighted by Crippen LogP contribution is 2.51. The third-order valence-electron chi connectivity index (χ3n) is 7.13. The molecule has 1 aliphatic heterocycles. The summed E-state index contributed by atoms with van der Waals surface area (Å²) in [5.41, 5.74) is -2.81. The summed E-state index contributed by atoms with van der Waals surface area (Å²) in [5, 5.41) is 3.36. The van der Waals surface area contributed by atoms with E-state index in [0.29, 0.717) is 28.6 Å². The van der Waals surface area contributed by atoms with E-state index in [2.05, 4.69) is 20.3 Å². The molecule has 1 aromatic carbocycles. The Hall–Kier alpha value is -3.60. The Morgan fingerprint density at radius 2 is 1.94 bits per heavy atom. The smallest absolute Gasteiger partial charge is 0.338 e. The molecule has 36 heavy (non-hydrogen) atoms. The molecule has 2 aromatic heterocycles. The fourth-order valence-corrected chi connectivity index (χ4v) is 4.65. The Bertz CT molecular complexity index is 1280. The molecule has 1 N–H and O–H groups in total. The van der Waals surface area contributed by atoms with Crippen LogP contribution < -0.4 is 5.32 Å². The first kappa shape index (κ1) is 24.1. The first-order valence-electron chi connectivity index (χ1n) is 11.9. The van der Waals surface area contributed by atoms with Crippen molar-refractivity contribution in [3.8, 4) is 0 Å². The largest absolute Gasteiger partial charge is 0.459 e. The number of esters is 2. The van der Waals surface area contributed by atoms with Gasteiger partial charge < -0.3 is 19.5 Å². The van der Waals surface area contributed by atoms with Crippen LogP contribution in [0.1, 0.15) is 56.6 Å². The molecule has 11 heteroatoms. The van der Waals surface area contributed by atoms with E-state index in [1.165, 1.54) is 38.0 Å². The van der Waals surface area contributed by atoms with Crippen molar-refractivity contribution >= 4 is 28.9 Å². The van der Waals surface area contributed by atoms with Gasteiger partial charge in [0.2, 0.25) is 0 Å². The van der Waals surface area contributed by atoms with E-state index >= 15 is 4.39 Å². The number of aromatic nitrogens is 4. The molecule has 4 atom stereocenters. The molecule has 0 spiro atoms. The molecule has 1 saturated heterocycles. The lowest BCUT2D eigenvalue weighted by molar-refractivity contribution is -0.175. The van der Waals surface area contributed by atoms with Gasteiger partial charge in [-0.05, 0) is 45.2 Å². The number of hydrogen-bond donors (Lipinski definition) is 1. The first-order chi connectivity index (χ1) is 17.2. The van der Waals surface area contributed by atoms with Crippen molar-refractivity contribution in [3.63, 3.8) is 0 Å². The predicted octanol–water partition coefficient (Wildman–Crippen LogP) is 3.60. The van der Waals surface area contributed by atoms with Crippen molar-refractivity contribution in [2.45, 2.75) is 69.7 Å². The summed E-state index contributed by atoms with van der Waals surface area (Å²) in [7, 11) is 0. The van der Waals surface area contributed by atoms with Crippen LogP contribution in [0.4, 0.5) is 10.2 Å². The van der Waals surface area contributed by atoms with E-state index in [9.17, 15) is 9.59 Å². The molecule has 2 aliphatic rings. The van der Waals surface area contributed by atoms with E-state index in [-0.39, 0.29) is 6.61 Å². The van der Waals surface area contributed by atoms with E-state index in [1.54, 1.807) is 30.3 Å². The highest BCUT2D eigenvalue weighted by molar-refractivity contribution is 5.89. The molecule has 5 rings (SSSR count). The van der Waals surface area contributed by atoms with Gasteiger partial charge in [0.25, 0.3) is 0 Å². The zero-order chi connectivity index (χ0) is 25.5. The number of nitrogens with one attached hydrogen (secondary N) is 1. The van der Waals surface area contributed by atoms with Crippen LogP contribution in [-0.2, 0) is 19.0 Å². The molecule has 1 saturated carbocycles. The molecular formula is C25H28FN5O5. The van der Waals surface area contributed by atoms with Gasteiger partial charge in [0, 0.05) is 13.0 Å². The molecule has 3 aromatic rings. The van der Waals surface area contributed by atoms with Crippen molar-refractivity contribution in [1.29, 1.82) is 0 Å². The molecule has 1 aliphatic carbocycles. The highest BCUT2D eigenvalue weighted by atomic mass is 19.1. The molecule has 0 bridgehead atoms. The SMILES string of the molecule is CC(=O)O[C@@]1(C)[C@@H](COC(=O)c2ccccc2)O[C@@H](n2cnc3c(NC4CCC4)ncnc32)[C@]1(C)F. The maximum absolute atomic E-state index is 16.6. The Morgan fingerprint density at radius 1 is 1.19 bits per heavy atom. The Morgan fingerprint density at radius 3 is 2.61 bits per heavy atom. The van der Waals surface area contributed by atoms with Crippen LogP contribution in [0.15, 0.2) is 43.0 Å². The average Bonchev–Trinajstić information content (AvgIpc) is 3.32. The van der Waals surface area contributed by atoms with Gasteiger partial charge in [0.15, 0.2) is 34.5 Å². The maximum Gasteiger partial charge on any atom is 0.338 e. The minimum absolute atomic E-state index is 0.318. The fraction of sp³-hybridized carbons (Fsp3) is 0.480. The van der Waals surface area contributed by atoms with E-state index < -0.39 is 35.5 Å². The lowest BCUT2D eigenvalue weighted by Crippen LogP contribution is -2.55. The van der Waals surface area contributed by atoms with Gasteiger partial charge in [0.05, 0.1) is 11.9 Å². The van der Waals surface area contributed by atoms with Gasteiger partial charge in [0.1, 0.15) is 19.0 Å². The number of carbonyl (C=O) groups excluding carboxylic acids is 2. The number of rotatable bonds is 7. The van der Waals surface area contributed by atoms with Gasteiger partial charge in [-0.3, -0.25) is 9.36 Å². The van der Waals surface area contributed by atoms with Crippen LogP contribution in [0.5, 0.6) is 0 Å². The maximum atomic E-state index is 16.6. The molecule has 0 radical (unpaired) electrons. The average molecular weight is 498 g/mol. The van der Waals surface area contributed by atoms with Crippen LogP contribution in [0.25, 0.3) is 11.2 Å². The lowest BCUT2D eigenvalue weighted by Gasteiger charge is -2.36. The normalized spacial score (nSPS) is 28.0. The van der Waals surface area contributed by atoms with Gasteiger partial charge in [-0.2, -0.15) is 0 Å². The van der Waals surface area contributed by atoms with Crippen LogP contribution in [0, 0.1) is 0 Å². The number of halogens is 1. The Kier molecular flexibility index (Phi) is 6.11. The zero-order valence-corrected chi connectivity index (χ0v) is 20.3. The second kappa shape index (κ2) is 9.12. The van der Waals surface area contributed by atoms with Crippen LogP contribution in [-0.4, -0.2) is 61.5 Å². The van der Waals surface area contributed by atoms with Gasteiger partial charge in [-0.25, -0.2) is 24.1 Å². The van der Waals surface area contributed by atoms with E-state index in [4.69, 9.17) is 14.2 Å². The quantitative estimate of drug-likeness (QED) is 0.489. The number of benzene rings is 1. The second-order valence-corrected chi connectivity index (χ2v) is 9.54. The first-order valence-corrected chi connectivity index (χ1v) is 11.9. The molecule has 0 amide bonds. The summed E-state index contributed by atoms with van der Waals surface area (Å²) in [6.07, 6.45) is 3.70. The van der Waals surface area contributed by atoms with Gasteiger partial charge in [-0.1, -0.05) is 18.2 Å². The number of carbonyl (C=O) groups is 2. The number of ether oxygens (including phenoxy) is 3. The standard InChI is InChI=1S/C25H28FN5O5/c1-15(32)36-25(3)18(12-34-22(33)16-8-5-4-6-9-16)35-23(24(25,2)26)31-14-29-19-20(27-13-28-21(19)31)30-17-10-7-11-17/h4-6,8-9,13-14,17-18,23H,7,10-12H2,1-3H3,(H,27,28,30)/t18-,23-,24+,25+/m1/s1. The van der Waals surface area contributed by atoms with Crippen LogP contribution in [0.2, 0.25) is 0 Å². The topological polar surface area (TPSA) is 117 Å². The summed E-state index contributed by atoms with van der Waals surface area (Å²) >= 11 is 0. The van der Waals surface area contributed by atoms with Crippen molar-refractivity contribution in [3.05, 3.63) is 48.5 Å². The number of anilines is 1. The molecular weight excluding hydrogens is 469 g/mol. The molecule has 0 unspecified atom stereocenters. The molecule has 10 nitrogen and oxygen atoms in total. The second-order valence-electron chi connectivity index (χ2n) is 9.54. The van der Waals surface area contributed by atoms with Crippen molar-refractivity contribution in [1.82, 2.24) is 19.5 Å². The summed E-state index contributed by atoms with van der Waals surface area (Å²) in [6, 6.07) is 8.73. The van der Waals surface area contributed by atoms with Crippen molar-refractivity contribution in [2.24, 2.45) is 0 Å². The number of imidazole rings is 1. The summed E-state index contributed by atoms with van der Waals surface area (Å²) in [5.74, 6) is -0.714. The number of alkyl halides is 1. The van der Waals surface area contributed by atoms with Crippen molar-refractivity contribution in [2.75, 3.05) is 11.9 Å². The van der Waals surface area contributed by atoms with E-state index in [0.717, 1.165) is 19.3 Å². The monoisotopic (exact) mass is 497 g/mol. The third-order valence-corrected chi connectivity index (χ3v) is 7.13. The highest BCUT2D eigenvalue weighted by Gasteiger charge is 2.66. The number of fused-ring (bicyclic) bond motifs is 1.